The zero-order valence-electron chi connectivity index (χ0n) is 15.6. The van der Waals surface area contributed by atoms with Crippen LogP contribution in [0.25, 0.3) is 5.69 Å². The number of rotatable bonds is 5. The molecule has 0 radical (unpaired) electrons. The first-order chi connectivity index (χ1) is 14.5. The van der Waals surface area contributed by atoms with Crippen molar-refractivity contribution in [3.63, 3.8) is 0 Å². The van der Waals surface area contributed by atoms with E-state index < -0.39 is 52.1 Å². The number of nitrogens with two attached hydrogens (primary N) is 1. The SMILES string of the molecule is COc1cn(-c2cccc(C(F)(F)F)c2)nc1C(=O)Nc1cc(C(N)=O)c(F)cc1F. The zero-order valence-corrected chi connectivity index (χ0v) is 15.6. The Bertz CT molecular complexity index is 1170. The summed E-state index contributed by atoms with van der Waals surface area (Å²) in [4.78, 5) is 23.8. The highest BCUT2D eigenvalue weighted by Crippen LogP contribution is 2.31. The molecule has 0 atom stereocenters. The molecule has 162 valence electrons. The highest BCUT2D eigenvalue weighted by molar-refractivity contribution is 6.05. The van der Waals surface area contributed by atoms with Gasteiger partial charge in [-0.15, -0.1) is 0 Å². The van der Waals surface area contributed by atoms with Crippen molar-refractivity contribution in [2.45, 2.75) is 6.18 Å². The Kier molecular flexibility index (Phi) is 5.64. The fourth-order valence-corrected chi connectivity index (χ4v) is 2.64. The molecule has 0 fully saturated rings. The van der Waals surface area contributed by atoms with Gasteiger partial charge in [0.05, 0.1) is 35.8 Å². The standard InChI is InChI=1S/C19H13F5N4O3/c1-31-15-8-28(10-4-2-3-9(5-10)19(22,23)24)27-16(15)18(30)26-14-6-11(17(25)29)12(20)7-13(14)21/h2-8H,1H3,(H2,25,29)(H,26,30). The van der Waals surface area contributed by atoms with E-state index in [9.17, 15) is 31.5 Å². The van der Waals surface area contributed by atoms with E-state index in [1.807, 2.05) is 0 Å². The Morgan fingerprint density at radius 1 is 1.13 bits per heavy atom. The van der Waals surface area contributed by atoms with E-state index in [-0.39, 0.29) is 11.4 Å². The average molecular weight is 440 g/mol. The fourth-order valence-electron chi connectivity index (χ4n) is 2.64. The molecule has 1 aromatic heterocycles. The molecular formula is C19H13F5N4O3. The van der Waals surface area contributed by atoms with Gasteiger partial charge in [-0.3, -0.25) is 9.59 Å². The monoisotopic (exact) mass is 440 g/mol. The number of hydrogen-bond acceptors (Lipinski definition) is 4. The van der Waals surface area contributed by atoms with E-state index in [2.05, 4.69) is 10.4 Å². The molecule has 0 spiro atoms. The number of nitrogens with one attached hydrogen (secondary N) is 1. The van der Waals surface area contributed by atoms with Crippen LogP contribution in [-0.4, -0.2) is 28.7 Å². The molecule has 2 amide bonds. The highest BCUT2D eigenvalue weighted by Gasteiger charge is 2.31. The molecule has 0 saturated heterocycles. The minimum absolute atomic E-state index is 0.0175. The number of ether oxygens (including phenoxy) is 1. The Labute approximate surface area is 171 Å². The van der Waals surface area contributed by atoms with Gasteiger partial charge in [0.2, 0.25) is 0 Å². The van der Waals surface area contributed by atoms with Crippen molar-refractivity contribution in [3.8, 4) is 11.4 Å². The van der Waals surface area contributed by atoms with Gasteiger partial charge in [0.25, 0.3) is 11.8 Å². The van der Waals surface area contributed by atoms with Gasteiger partial charge in [-0.1, -0.05) is 6.07 Å². The van der Waals surface area contributed by atoms with Crippen molar-refractivity contribution in [2.75, 3.05) is 12.4 Å². The van der Waals surface area contributed by atoms with Crippen LogP contribution in [0, 0.1) is 11.6 Å². The topological polar surface area (TPSA) is 99.2 Å². The van der Waals surface area contributed by atoms with Gasteiger partial charge in [-0.25, -0.2) is 13.5 Å². The maximum Gasteiger partial charge on any atom is 0.416 e. The molecule has 0 unspecified atom stereocenters. The van der Waals surface area contributed by atoms with E-state index in [0.29, 0.717) is 12.1 Å². The third kappa shape index (κ3) is 4.47. The smallest absolute Gasteiger partial charge is 0.416 e. The van der Waals surface area contributed by atoms with Crippen LogP contribution in [0.5, 0.6) is 5.75 Å². The first-order valence-corrected chi connectivity index (χ1v) is 8.42. The minimum atomic E-state index is -4.59. The normalized spacial score (nSPS) is 11.3. The van der Waals surface area contributed by atoms with Gasteiger partial charge in [-0.2, -0.15) is 18.3 Å². The van der Waals surface area contributed by atoms with Crippen LogP contribution >= 0.6 is 0 Å². The van der Waals surface area contributed by atoms with E-state index in [1.54, 1.807) is 0 Å². The van der Waals surface area contributed by atoms with Gasteiger partial charge in [0.1, 0.15) is 11.6 Å². The van der Waals surface area contributed by atoms with Gasteiger partial charge in [0, 0.05) is 6.07 Å². The van der Waals surface area contributed by atoms with Crippen LogP contribution in [0.2, 0.25) is 0 Å². The lowest BCUT2D eigenvalue weighted by atomic mass is 10.1. The van der Waals surface area contributed by atoms with Crippen LogP contribution in [0.1, 0.15) is 26.4 Å². The quantitative estimate of drug-likeness (QED) is 0.593. The first-order valence-electron chi connectivity index (χ1n) is 8.42. The van der Waals surface area contributed by atoms with Crippen LogP contribution in [0.3, 0.4) is 0 Å². The average Bonchev–Trinajstić information content (AvgIpc) is 3.14. The second-order valence-electron chi connectivity index (χ2n) is 6.17. The summed E-state index contributed by atoms with van der Waals surface area (Å²) in [5, 5.41) is 6.00. The number of methoxy groups -OCH3 is 1. The fraction of sp³-hybridized carbons (Fsp3) is 0.105. The number of hydrogen-bond donors (Lipinski definition) is 2. The number of halogens is 5. The van der Waals surface area contributed by atoms with Crippen molar-refractivity contribution in [3.05, 3.63) is 71.1 Å². The molecule has 31 heavy (non-hydrogen) atoms. The summed E-state index contributed by atoms with van der Waals surface area (Å²) in [6.07, 6.45) is -3.44. The highest BCUT2D eigenvalue weighted by atomic mass is 19.4. The van der Waals surface area contributed by atoms with Crippen LogP contribution in [-0.2, 0) is 6.18 Å². The van der Waals surface area contributed by atoms with Crippen molar-refractivity contribution >= 4 is 17.5 Å². The summed E-state index contributed by atoms with van der Waals surface area (Å²) in [5.41, 5.74) is 2.44. The van der Waals surface area contributed by atoms with Gasteiger partial charge in [-0.05, 0) is 24.3 Å². The van der Waals surface area contributed by atoms with Gasteiger partial charge in [0.15, 0.2) is 11.4 Å². The molecular weight excluding hydrogens is 427 g/mol. The zero-order chi connectivity index (χ0) is 22.9. The maximum atomic E-state index is 14.0. The summed E-state index contributed by atoms with van der Waals surface area (Å²) < 4.78 is 72.4. The molecule has 3 N–H and O–H groups in total. The molecule has 0 aliphatic heterocycles. The van der Waals surface area contributed by atoms with Crippen molar-refractivity contribution in [2.24, 2.45) is 5.73 Å². The summed E-state index contributed by atoms with van der Waals surface area (Å²) in [5.74, 6) is -4.74. The lowest BCUT2D eigenvalue weighted by Crippen LogP contribution is -2.18. The summed E-state index contributed by atoms with van der Waals surface area (Å²) in [7, 11) is 1.19. The summed E-state index contributed by atoms with van der Waals surface area (Å²) in [6.45, 7) is 0. The maximum absolute atomic E-state index is 14.0. The molecule has 7 nitrogen and oxygen atoms in total. The van der Waals surface area contributed by atoms with E-state index in [0.717, 1.165) is 29.1 Å². The first kappa shape index (κ1) is 21.7. The Hall–Kier alpha value is -3.96. The number of nitrogens with zero attached hydrogens (tertiary/aromatic N) is 2. The molecule has 2 aromatic carbocycles. The van der Waals surface area contributed by atoms with Crippen LogP contribution in [0.15, 0.2) is 42.6 Å². The molecule has 3 rings (SSSR count). The number of carbonyl (C=O) groups excluding carboxylic acids is 2. The Morgan fingerprint density at radius 2 is 1.84 bits per heavy atom. The molecule has 0 aliphatic carbocycles. The number of amides is 2. The number of carbonyl (C=O) groups is 2. The number of alkyl halides is 3. The van der Waals surface area contributed by atoms with E-state index in [1.165, 1.54) is 13.2 Å². The van der Waals surface area contributed by atoms with E-state index in [4.69, 9.17) is 10.5 Å². The summed E-state index contributed by atoms with van der Waals surface area (Å²) in [6, 6.07) is 5.24. The predicted octanol–water partition coefficient (Wildman–Crippen LogP) is 3.53. The van der Waals surface area contributed by atoms with Gasteiger partial charge >= 0.3 is 6.18 Å². The second kappa shape index (κ2) is 8.05. The van der Waals surface area contributed by atoms with Crippen LogP contribution in [0.4, 0.5) is 27.6 Å². The largest absolute Gasteiger partial charge is 0.493 e. The molecule has 1 heterocycles. The predicted molar refractivity (Wildman–Crippen MR) is 97.9 cm³/mol. The van der Waals surface area contributed by atoms with Crippen molar-refractivity contribution in [1.82, 2.24) is 9.78 Å². The second-order valence-corrected chi connectivity index (χ2v) is 6.17. The molecule has 0 aliphatic rings. The lowest BCUT2D eigenvalue weighted by molar-refractivity contribution is -0.137. The third-order valence-corrected chi connectivity index (χ3v) is 4.12. The minimum Gasteiger partial charge on any atom is -0.493 e. The molecule has 0 saturated carbocycles. The Balaban J connectivity index is 1.96. The molecule has 3 aromatic rings. The lowest BCUT2D eigenvalue weighted by Gasteiger charge is -2.09. The molecule has 0 bridgehead atoms. The summed E-state index contributed by atoms with van der Waals surface area (Å²) >= 11 is 0. The van der Waals surface area contributed by atoms with Crippen molar-refractivity contribution < 1.29 is 36.3 Å². The number of benzene rings is 2. The van der Waals surface area contributed by atoms with Crippen molar-refractivity contribution in [1.29, 1.82) is 0 Å². The molecule has 12 heteroatoms. The van der Waals surface area contributed by atoms with E-state index >= 15 is 0 Å². The number of aromatic nitrogens is 2. The van der Waals surface area contributed by atoms with Crippen LogP contribution < -0.4 is 15.8 Å². The Morgan fingerprint density at radius 3 is 2.45 bits per heavy atom. The number of anilines is 1. The third-order valence-electron chi connectivity index (χ3n) is 4.12. The number of primary amides is 1. The van der Waals surface area contributed by atoms with Gasteiger partial charge < -0.3 is 15.8 Å².